The summed E-state index contributed by atoms with van der Waals surface area (Å²) in [7, 11) is 0. The molecule has 0 atom stereocenters. The fourth-order valence-electron chi connectivity index (χ4n) is 3.17. The number of nitrogens with one attached hydrogen (secondary N) is 2. The number of fused-ring (bicyclic) bond motifs is 1. The van der Waals surface area contributed by atoms with Crippen LogP contribution in [-0.2, 0) is 0 Å². The number of hydrogen-bond acceptors (Lipinski definition) is 6. The molecule has 0 amide bonds. The van der Waals surface area contributed by atoms with Gasteiger partial charge in [-0.3, -0.25) is 15.2 Å². The first-order valence-corrected chi connectivity index (χ1v) is 9.18. The molecule has 3 aromatic heterocycles. The highest BCUT2D eigenvalue weighted by molar-refractivity contribution is 6.35. The number of Topliss-reactive ketones (excluding diaryl/α,β-unsaturated/α-hetero) is 1. The van der Waals surface area contributed by atoms with Crippen LogP contribution in [0.5, 0.6) is 0 Å². The number of H-pyrrole nitrogens is 1. The molecule has 0 saturated carbocycles. The molecule has 0 radical (unpaired) electrons. The second kappa shape index (κ2) is 7.36. The second-order valence-electron chi connectivity index (χ2n) is 6.56. The van der Waals surface area contributed by atoms with Crippen LogP contribution in [0.3, 0.4) is 0 Å². The van der Waals surface area contributed by atoms with E-state index in [0.717, 1.165) is 5.39 Å². The van der Waals surface area contributed by atoms with Gasteiger partial charge in [-0.1, -0.05) is 18.0 Å². The number of carbonyl (C=O) groups is 1. The maximum atomic E-state index is 12.3. The molecule has 4 aromatic rings. The van der Waals surface area contributed by atoms with Gasteiger partial charge in [-0.05, 0) is 37.6 Å². The largest absolute Gasteiger partial charge is 0.299 e. The number of aryl methyl sites for hydroxylation is 1. The summed E-state index contributed by atoms with van der Waals surface area (Å²) >= 11 is 6.42. The molecule has 8 nitrogen and oxygen atoms in total. The zero-order valence-electron chi connectivity index (χ0n) is 16.0. The third kappa shape index (κ3) is 3.16. The number of pyridine rings is 1. The topological polar surface area (TPSA) is 112 Å². The van der Waals surface area contributed by atoms with E-state index in [1.165, 1.54) is 11.6 Å². The van der Waals surface area contributed by atoms with Crippen molar-refractivity contribution in [1.29, 1.82) is 5.26 Å². The minimum Gasteiger partial charge on any atom is -0.299 e. The highest BCUT2D eigenvalue weighted by atomic mass is 35.5. The summed E-state index contributed by atoms with van der Waals surface area (Å²) in [6.07, 6.45) is 8.61. The lowest BCUT2D eigenvalue weighted by atomic mass is 10.0. The van der Waals surface area contributed by atoms with Gasteiger partial charge in [0, 0.05) is 17.0 Å². The Morgan fingerprint density at radius 1 is 1.37 bits per heavy atom. The molecule has 0 fully saturated rings. The van der Waals surface area contributed by atoms with Gasteiger partial charge in [0.2, 0.25) is 0 Å². The lowest BCUT2D eigenvalue weighted by Gasteiger charge is -2.14. The van der Waals surface area contributed by atoms with Gasteiger partial charge in [0.05, 0.1) is 39.8 Å². The van der Waals surface area contributed by atoms with Crippen LogP contribution in [0.1, 0.15) is 28.5 Å². The molecule has 0 bridgehead atoms. The number of nitriles is 1. The van der Waals surface area contributed by atoms with Crippen molar-refractivity contribution in [2.75, 3.05) is 5.32 Å². The second-order valence-corrected chi connectivity index (χ2v) is 6.97. The average molecular weight is 416 g/mol. The Morgan fingerprint density at radius 2 is 2.17 bits per heavy atom. The average Bonchev–Trinajstić information content (AvgIpc) is 3.34. The van der Waals surface area contributed by atoms with Crippen LogP contribution in [0.25, 0.3) is 27.8 Å². The van der Waals surface area contributed by atoms with Crippen LogP contribution in [0, 0.1) is 30.7 Å². The lowest BCUT2D eigenvalue weighted by Crippen LogP contribution is -2.09. The Kier molecular flexibility index (Phi) is 4.71. The maximum absolute atomic E-state index is 12.3. The standard InChI is InChI=1S/C21H14ClN7O/c1-4-24-20-16(12(3)30)7-17(13-5-14-9-25-27-19(14)18(22)6-13)21(26-20)29-10-15(8-23)11(2)28-29/h1,5-7,9-10H,2-3H3,(H,24,26)(H,25,27). The predicted molar refractivity (Wildman–Crippen MR) is 113 cm³/mol. The Morgan fingerprint density at radius 3 is 2.83 bits per heavy atom. The SMILES string of the molecule is C#CNc1nc(-n2cc(C#N)c(C)n2)c(-c2cc(Cl)c3[nH]ncc3c2)cc1C(C)=O. The third-order valence-electron chi connectivity index (χ3n) is 4.62. The van der Waals surface area contributed by atoms with Gasteiger partial charge in [0.15, 0.2) is 17.4 Å². The number of nitrogens with zero attached hydrogens (tertiary/aromatic N) is 5. The fraction of sp³-hybridized carbons (Fsp3) is 0.0952. The van der Waals surface area contributed by atoms with Crippen LogP contribution >= 0.6 is 11.6 Å². The fourth-order valence-corrected chi connectivity index (χ4v) is 3.44. The molecular weight excluding hydrogens is 402 g/mol. The van der Waals surface area contributed by atoms with Crippen LogP contribution in [0.4, 0.5) is 5.82 Å². The third-order valence-corrected chi connectivity index (χ3v) is 4.92. The van der Waals surface area contributed by atoms with Crippen molar-refractivity contribution in [1.82, 2.24) is 25.0 Å². The molecule has 0 aliphatic heterocycles. The first kappa shape index (κ1) is 19.2. The first-order valence-electron chi connectivity index (χ1n) is 8.80. The molecule has 1 aromatic carbocycles. The zero-order valence-corrected chi connectivity index (χ0v) is 16.7. The van der Waals surface area contributed by atoms with Crippen LogP contribution < -0.4 is 5.32 Å². The van der Waals surface area contributed by atoms with E-state index in [2.05, 4.69) is 37.7 Å². The molecule has 4 rings (SSSR count). The van der Waals surface area contributed by atoms with E-state index in [1.807, 2.05) is 6.07 Å². The van der Waals surface area contributed by atoms with Crippen molar-refractivity contribution in [3.8, 4) is 35.5 Å². The van der Waals surface area contributed by atoms with Crippen molar-refractivity contribution in [3.05, 3.63) is 52.4 Å². The molecule has 0 saturated heterocycles. The molecule has 3 heterocycles. The van der Waals surface area contributed by atoms with Crippen molar-refractivity contribution >= 4 is 34.1 Å². The molecule has 9 heteroatoms. The van der Waals surface area contributed by atoms with Gasteiger partial charge in [0.1, 0.15) is 6.07 Å². The summed E-state index contributed by atoms with van der Waals surface area (Å²) in [5.74, 6) is 0.407. The number of rotatable bonds is 4. The molecule has 30 heavy (non-hydrogen) atoms. The number of benzene rings is 1. The molecule has 2 N–H and O–H groups in total. The van der Waals surface area contributed by atoms with E-state index in [9.17, 15) is 10.1 Å². The van der Waals surface area contributed by atoms with Crippen molar-refractivity contribution in [2.45, 2.75) is 13.8 Å². The number of halogens is 1. The molecule has 0 unspecified atom stereocenters. The van der Waals surface area contributed by atoms with Gasteiger partial charge < -0.3 is 0 Å². The van der Waals surface area contributed by atoms with E-state index in [-0.39, 0.29) is 11.6 Å². The van der Waals surface area contributed by atoms with Gasteiger partial charge in [-0.2, -0.15) is 15.5 Å². The van der Waals surface area contributed by atoms with E-state index >= 15 is 0 Å². The summed E-state index contributed by atoms with van der Waals surface area (Å²) in [4.78, 5) is 16.8. The molecule has 0 spiro atoms. The van der Waals surface area contributed by atoms with E-state index in [0.29, 0.717) is 44.3 Å². The molecule has 0 aliphatic rings. The Labute approximate surface area is 176 Å². The normalized spacial score (nSPS) is 10.6. The minimum atomic E-state index is -0.210. The number of carbonyl (C=O) groups excluding carboxylic acids is 1. The summed E-state index contributed by atoms with van der Waals surface area (Å²) in [6, 6.07) is 9.71. The summed E-state index contributed by atoms with van der Waals surface area (Å²) in [6.45, 7) is 3.16. The summed E-state index contributed by atoms with van der Waals surface area (Å²) in [5.41, 5.74) is 3.29. The van der Waals surface area contributed by atoms with Gasteiger partial charge in [-0.25, -0.2) is 9.67 Å². The number of hydrogen-bond donors (Lipinski definition) is 2. The molecular formula is C21H14ClN7O. The highest BCUT2D eigenvalue weighted by Gasteiger charge is 2.20. The van der Waals surface area contributed by atoms with Gasteiger partial charge in [0.25, 0.3) is 0 Å². The smallest absolute Gasteiger partial charge is 0.163 e. The van der Waals surface area contributed by atoms with E-state index in [4.69, 9.17) is 18.0 Å². The lowest BCUT2D eigenvalue weighted by molar-refractivity contribution is 0.101. The number of anilines is 1. The van der Waals surface area contributed by atoms with Crippen molar-refractivity contribution < 1.29 is 4.79 Å². The Hall–Kier alpha value is -4.14. The van der Waals surface area contributed by atoms with Gasteiger partial charge in [-0.15, -0.1) is 0 Å². The number of terminal acetylenes is 1. The van der Waals surface area contributed by atoms with Gasteiger partial charge >= 0.3 is 0 Å². The molecule has 146 valence electrons. The predicted octanol–water partition coefficient (Wildman–Crippen LogP) is 3.85. The van der Waals surface area contributed by atoms with Crippen molar-refractivity contribution in [2.24, 2.45) is 0 Å². The maximum Gasteiger partial charge on any atom is 0.163 e. The first-order chi connectivity index (χ1) is 14.4. The van der Waals surface area contributed by atoms with E-state index < -0.39 is 0 Å². The number of aromatic nitrogens is 5. The van der Waals surface area contributed by atoms with Crippen LogP contribution in [-0.4, -0.2) is 30.7 Å². The summed E-state index contributed by atoms with van der Waals surface area (Å²) in [5, 5.41) is 24.5. The Bertz CT molecular complexity index is 1400. The zero-order chi connectivity index (χ0) is 21.4. The highest BCUT2D eigenvalue weighted by Crippen LogP contribution is 2.34. The van der Waals surface area contributed by atoms with Crippen molar-refractivity contribution in [3.63, 3.8) is 0 Å². The summed E-state index contributed by atoms with van der Waals surface area (Å²) < 4.78 is 1.49. The molecule has 0 aliphatic carbocycles. The van der Waals surface area contributed by atoms with Crippen LogP contribution in [0.2, 0.25) is 5.02 Å². The number of aromatic amines is 1. The Balaban J connectivity index is 2.05. The minimum absolute atomic E-state index is 0.210. The number of ketones is 1. The monoisotopic (exact) mass is 415 g/mol. The van der Waals surface area contributed by atoms with E-state index in [1.54, 1.807) is 31.5 Å². The quantitative estimate of drug-likeness (QED) is 0.297. The van der Waals surface area contributed by atoms with Crippen LogP contribution in [0.15, 0.2) is 30.6 Å².